The maximum absolute atomic E-state index is 13.4. The third-order valence-electron chi connectivity index (χ3n) is 6.13. The van der Waals surface area contributed by atoms with Gasteiger partial charge in [0.2, 0.25) is 0 Å². The predicted octanol–water partition coefficient (Wildman–Crippen LogP) is 3.51. The Hall–Kier alpha value is -2.54. The number of rotatable bonds is 8. The first-order chi connectivity index (χ1) is 14.5. The maximum atomic E-state index is 13.4. The summed E-state index contributed by atoms with van der Waals surface area (Å²) < 4.78 is 13.4. The summed E-state index contributed by atoms with van der Waals surface area (Å²) in [6.45, 7) is 6.03. The zero-order valence-corrected chi connectivity index (χ0v) is 17.8. The molecule has 2 aliphatic rings. The van der Waals surface area contributed by atoms with Gasteiger partial charge in [-0.05, 0) is 56.5 Å². The summed E-state index contributed by atoms with van der Waals surface area (Å²) in [5.74, 6) is 0.208. The van der Waals surface area contributed by atoms with E-state index in [2.05, 4.69) is 15.2 Å². The van der Waals surface area contributed by atoms with Gasteiger partial charge in [0.15, 0.2) is 0 Å². The highest BCUT2D eigenvalue weighted by Crippen LogP contribution is 2.29. The van der Waals surface area contributed by atoms with E-state index in [0.29, 0.717) is 17.6 Å². The van der Waals surface area contributed by atoms with Crippen molar-refractivity contribution in [1.82, 2.24) is 19.8 Å². The Bertz CT molecular complexity index is 878. The average molecular weight is 412 g/mol. The van der Waals surface area contributed by atoms with E-state index < -0.39 is 0 Å². The van der Waals surface area contributed by atoms with E-state index in [4.69, 9.17) is 4.98 Å². The van der Waals surface area contributed by atoms with Gasteiger partial charge in [-0.15, -0.1) is 0 Å². The van der Waals surface area contributed by atoms with E-state index in [1.54, 1.807) is 23.2 Å². The van der Waals surface area contributed by atoms with Crippen LogP contribution in [0.3, 0.4) is 0 Å². The number of halogens is 1. The van der Waals surface area contributed by atoms with E-state index in [1.807, 2.05) is 14.0 Å². The number of hydrogen-bond donors (Lipinski definition) is 1. The van der Waals surface area contributed by atoms with Gasteiger partial charge in [-0.1, -0.05) is 19.1 Å². The first-order valence-electron chi connectivity index (χ1n) is 10.9. The van der Waals surface area contributed by atoms with Crippen molar-refractivity contribution in [2.45, 2.75) is 44.6 Å². The lowest BCUT2D eigenvalue weighted by molar-refractivity contribution is 0.0778. The van der Waals surface area contributed by atoms with Gasteiger partial charge in [-0.2, -0.15) is 0 Å². The van der Waals surface area contributed by atoms with Gasteiger partial charge in [0.05, 0.1) is 11.9 Å². The van der Waals surface area contributed by atoms with Crippen LogP contribution >= 0.6 is 0 Å². The van der Waals surface area contributed by atoms with E-state index in [9.17, 15) is 9.18 Å². The van der Waals surface area contributed by atoms with Crippen LogP contribution < -0.4 is 5.32 Å². The predicted molar refractivity (Wildman–Crippen MR) is 115 cm³/mol. The molecular formula is C23H30FN5O. The van der Waals surface area contributed by atoms with Crippen molar-refractivity contribution in [3.05, 3.63) is 53.2 Å². The third kappa shape index (κ3) is 4.78. The van der Waals surface area contributed by atoms with Gasteiger partial charge in [-0.3, -0.25) is 4.79 Å². The van der Waals surface area contributed by atoms with Crippen molar-refractivity contribution in [2.75, 3.05) is 38.5 Å². The number of nitrogens with zero attached hydrogens (tertiary/aromatic N) is 4. The van der Waals surface area contributed by atoms with Gasteiger partial charge in [0, 0.05) is 32.1 Å². The Labute approximate surface area is 177 Å². The van der Waals surface area contributed by atoms with Crippen molar-refractivity contribution in [3.63, 3.8) is 0 Å². The number of carbonyl (C=O) groups excluding carboxylic acids is 1. The molecule has 2 aromatic rings. The molecular weight excluding hydrogens is 381 g/mol. The number of likely N-dealkylation sites (tertiary alicyclic amines) is 1. The molecule has 1 aliphatic heterocycles. The molecule has 1 saturated heterocycles. The quantitative estimate of drug-likeness (QED) is 0.720. The van der Waals surface area contributed by atoms with E-state index >= 15 is 0 Å². The largest absolute Gasteiger partial charge is 0.367 e. The Morgan fingerprint density at radius 3 is 2.63 bits per heavy atom. The summed E-state index contributed by atoms with van der Waals surface area (Å²) in [7, 11) is 1.83. The molecule has 0 unspecified atom stereocenters. The van der Waals surface area contributed by atoms with Crippen molar-refractivity contribution in [2.24, 2.45) is 0 Å². The van der Waals surface area contributed by atoms with Gasteiger partial charge >= 0.3 is 0 Å². The molecule has 2 fully saturated rings. The summed E-state index contributed by atoms with van der Waals surface area (Å²) in [6, 6.07) is 6.75. The number of carbonyl (C=O) groups is 1. The Balaban J connectivity index is 1.56. The van der Waals surface area contributed by atoms with E-state index in [1.165, 1.54) is 25.0 Å². The molecule has 1 amide bonds. The molecule has 0 spiro atoms. The van der Waals surface area contributed by atoms with E-state index in [-0.39, 0.29) is 17.6 Å². The molecule has 1 N–H and O–H groups in total. The average Bonchev–Trinajstić information content (AvgIpc) is 3.49. The molecule has 1 atom stereocenters. The first kappa shape index (κ1) is 20.7. The molecule has 1 aromatic carbocycles. The topological polar surface area (TPSA) is 61.4 Å². The normalized spacial score (nSPS) is 17.7. The SMILES string of the molecule is C[C@H](c1ccc(F)cc1)c1nc(C(=O)N(C)C2CC2)cnc1NCCN1CCCC1. The van der Waals surface area contributed by atoms with Gasteiger partial charge in [0.25, 0.3) is 5.91 Å². The molecule has 1 aliphatic carbocycles. The minimum Gasteiger partial charge on any atom is -0.367 e. The van der Waals surface area contributed by atoms with Crippen LogP contribution in [-0.4, -0.2) is 64.9 Å². The van der Waals surface area contributed by atoms with Crippen LogP contribution in [0.25, 0.3) is 0 Å². The molecule has 30 heavy (non-hydrogen) atoms. The van der Waals surface area contributed by atoms with Gasteiger partial charge < -0.3 is 15.1 Å². The van der Waals surface area contributed by atoms with E-state index in [0.717, 1.165) is 50.3 Å². The third-order valence-corrected chi connectivity index (χ3v) is 6.13. The second kappa shape index (κ2) is 9.08. The van der Waals surface area contributed by atoms with Crippen LogP contribution in [0.1, 0.15) is 60.3 Å². The zero-order chi connectivity index (χ0) is 21.1. The molecule has 160 valence electrons. The summed E-state index contributed by atoms with van der Waals surface area (Å²) in [4.78, 5) is 26.3. The number of benzene rings is 1. The van der Waals surface area contributed by atoms with Crippen LogP contribution in [0, 0.1) is 5.82 Å². The van der Waals surface area contributed by atoms with Crippen molar-refractivity contribution in [1.29, 1.82) is 0 Å². The minimum atomic E-state index is -0.268. The standard InChI is InChI=1S/C23H30FN5O/c1-16(17-5-7-18(24)8-6-17)21-22(25-11-14-29-12-3-4-13-29)26-15-20(27-21)23(30)28(2)19-9-10-19/h5-8,15-16,19H,3-4,9-14H2,1-2H3,(H,25,26)/t16-/m1/s1. The number of amides is 1. The van der Waals surface area contributed by atoms with Crippen LogP contribution in [0.2, 0.25) is 0 Å². The second-order valence-corrected chi connectivity index (χ2v) is 8.39. The maximum Gasteiger partial charge on any atom is 0.274 e. The smallest absolute Gasteiger partial charge is 0.274 e. The van der Waals surface area contributed by atoms with Crippen LogP contribution in [0.15, 0.2) is 30.5 Å². The van der Waals surface area contributed by atoms with Gasteiger partial charge in [0.1, 0.15) is 17.3 Å². The highest BCUT2D eigenvalue weighted by atomic mass is 19.1. The summed E-state index contributed by atoms with van der Waals surface area (Å²) in [5.41, 5.74) is 2.02. The van der Waals surface area contributed by atoms with Crippen molar-refractivity contribution < 1.29 is 9.18 Å². The molecule has 6 nitrogen and oxygen atoms in total. The lowest BCUT2D eigenvalue weighted by Gasteiger charge is -2.20. The van der Waals surface area contributed by atoms with Crippen LogP contribution in [0.5, 0.6) is 0 Å². The molecule has 1 saturated carbocycles. The summed E-state index contributed by atoms with van der Waals surface area (Å²) >= 11 is 0. The number of nitrogens with one attached hydrogen (secondary N) is 1. The molecule has 0 radical (unpaired) electrons. The number of hydrogen-bond acceptors (Lipinski definition) is 5. The highest BCUT2D eigenvalue weighted by molar-refractivity contribution is 5.92. The molecule has 0 bridgehead atoms. The van der Waals surface area contributed by atoms with Crippen molar-refractivity contribution in [3.8, 4) is 0 Å². The van der Waals surface area contributed by atoms with Crippen LogP contribution in [0.4, 0.5) is 10.2 Å². The fourth-order valence-corrected chi connectivity index (χ4v) is 4.00. The number of aromatic nitrogens is 2. The van der Waals surface area contributed by atoms with Gasteiger partial charge in [-0.25, -0.2) is 14.4 Å². The summed E-state index contributed by atoms with van der Waals surface area (Å²) in [6.07, 6.45) is 6.19. The van der Waals surface area contributed by atoms with Crippen molar-refractivity contribution >= 4 is 11.7 Å². The summed E-state index contributed by atoms with van der Waals surface area (Å²) in [5, 5.41) is 3.42. The second-order valence-electron chi connectivity index (χ2n) is 8.39. The fourth-order valence-electron chi connectivity index (χ4n) is 4.00. The molecule has 4 rings (SSSR count). The number of anilines is 1. The first-order valence-corrected chi connectivity index (χ1v) is 10.9. The zero-order valence-electron chi connectivity index (χ0n) is 17.8. The Kier molecular flexibility index (Phi) is 6.27. The minimum absolute atomic E-state index is 0.0961. The lowest BCUT2D eigenvalue weighted by atomic mass is 9.97. The fraction of sp³-hybridized carbons (Fsp3) is 0.522. The Morgan fingerprint density at radius 2 is 1.97 bits per heavy atom. The monoisotopic (exact) mass is 411 g/mol. The lowest BCUT2D eigenvalue weighted by Crippen LogP contribution is -2.30. The molecule has 2 heterocycles. The Morgan fingerprint density at radius 1 is 1.27 bits per heavy atom. The molecule has 7 heteroatoms. The molecule has 1 aromatic heterocycles. The highest BCUT2D eigenvalue weighted by Gasteiger charge is 2.31. The van der Waals surface area contributed by atoms with Crippen LogP contribution in [-0.2, 0) is 0 Å².